The van der Waals surface area contributed by atoms with Crippen LogP contribution in [0.1, 0.15) is 5.56 Å². The van der Waals surface area contributed by atoms with Gasteiger partial charge < -0.3 is 0 Å². The second-order valence-corrected chi connectivity index (χ2v) is 6.15. The maximum absolute atomic E-state index is 5.77. The molecule has 0 heterocycles. The lowest BCUT2D eigenvalue weighted by atomic mass is 9.96. The fraction of sp³-hybridized carbons (Fsp3) is 0. The number of benzene rings is 5. The summed E-state index contributed by atoms with van der Waals surface area (Å²) < 4.78 is 0. The van der Waals surface area contributed by atoms with Gasteiger partial charge >= 0.3 is 0 Å². The molecule has 0 spiro atoms. The second kappa shape index (κ2) is 3.24. The molecule has 0 atom stereocenters. The lowest BCUT2D eigenvalue weighted by Gasteiger charge is -2.07. The van der Waals surface area contributed by atoms with Crippen molar-refractivity contribution in [3.8, 4) is 12.3 Å². The third-order valence-corrected chi connectivity index (χ3v) is 5.18. The lowest BCUT2D eigenvalue weighted by molar-refractivity contribution is 1.81. The van der Waals surface area contributed by atoms with Crippen molar-refractivity contribution in [1.82, 2.24) is 0 Å². The first-order valence-corrected chi connectivity index (χ1v) is 7.51. The monoisotopic (exact) mass is 274 g/mol. The lowest BCUT2D eigenvalue weighted by Crippen LogP contribution is -1.82. The highest BCUT2D eigenvalue weighted by Crippen LogP contribution is 2.48. The molecule has 0 aliphatic heterocycles. The summed E-state index contributed by atoms with van der Waals surface area (Å²) in [5, 5.41) is 13.3. The SMILES string of the molecule is C#Cc1cc2ccc3ccc4ccc5ccc1c1c5c4c3c21. The summed E-state index contributed by atoms with van der Waals surface area (Å²) in [7, 11) is 0. The molecule has 0 aliphatic carbocycles. The minimum absolute atomic E-state index is 0.994. The quantitative estimate of drug-likeness (QED) is 0.244. The smallest absolute Gasteiger partial charge is 0.0327 e. The van der Waals surface area contributed by atoms with Crippen molar-refractivity contribution >= 4 is 53.9 Å². The molecule has 6 aromatic rings. The van der Waals surface area contributed by atoms with Crippen molar-refractivity contribution in [2.75, 3.05) is 0 Å². The van der Waals surface area contributed by atoms with Gasteiger partial charge in [-0.2, -0.15) is 0 Å². The van der Waals surface area contributed by atoms with E-state index in [4.69, 9.17) is 6.42 Å². The van der Waals surface area contributed by atoms with Crippen LogP contribution in [0.5, 0.6) is 0 Å². The Morgan fingerprint density at radius 3 is 1.59 bits per heavy atom. The van der Waals surface area contributed by atoms with Gasteiger partial charge in [-0.3, -0.25) is 0 Å². The number of rotatable bonds is 0. The van der Waals surface area contributed by atoms with Gasteiger partial charge in [0.05, 0.1) is 0 Å². The molecule has 0 aromatic heterocycles. The van der Waals surface area contributed by atoms with Gasteiger partial charge in [0.1, 0.15) is 0 Å². The Kier molecular flexibility index (Phi) is 1.57. The van der Waals surface area contributed by atoms with Crippen LogP contribution in [0.3, 0.4) is 0 Å². The minimum atomic E-state index is 0.994. The fourth-order valence-electron chi connectivity index (χ4n) is 4.29. The molecule has 98 valence electrons. The van der Waals surface area contributed by atoms with Gasteiger partial charge in [-0.05, 0) is 59.9 Å². The second-order valence-electron chi connectivity index (χ2n) is 6.15. The molecular formula is C22H10. The van der Waals surface area contributed by atoms with Crippen LogP contribution >= 0.6 is 0 Å². The summed E-state index contributed by atoms with van der Waals surface area (Å²) in [6.07, 6.45) is 5.77. The molecule has 0 aliphatic rings. The maximum atomic E-state index is 5.77. The molecule has 6 rings (SSSR count). The van der Waals surface area contributed by atoms with Crippen molar-refractivity contribution in [3.63, 3.8) is 0 Å². The van der Waals surface area contributed by atoms with Crippen LogP contribution in [0.4, 0.5) is 0 Å². The van der Waals surface area contributed by atoms with Crippen LogP contribution in [0, 0.1) is 12.3 Å². The minimum Gasteiger partial charge on any atom is -0.115 e. The third kappa shape index (κ3) is 0.964. The van der Waals surface area contributed by atoms with E-state index in [9.17, 15) is 0 Å². The van der Waals surface area contributed by atoms with Gasteiger partial charge in [0.2, 0.25) is 0 Å². The van der Waals surface area contributed by atoms with Crippen molar-refractivity contribution in [3.05, 3.63) is 60.2 Å². The van der Waals surface area contributed by atoms with E-state index >= 15 is 0 Å². The molecule has 0 unspecified atom stereocenters. The van der Waals surface area contributed by atoms with Crippen LogP contribution in [0.25, 0.3) is 53.9 Å². The van der Waals surface area contributed by atoms with Crippen LogP contribution in [0.15, 0.2) is 54.6 Å². The van der Waals surface area contributed by atoms with E-state index in [1.54, 1.807) is 0 Å². The molecule has 0 saturated carbocycles. The van der Waals surface area contributed by atoms with E-state index < -0.39 is 0 Å². The Balaban J connectivity index is 2.21. The molecule has 22 heavy (non-hydrogen) atoms. The van der Waals surface area contributed by atoms with E-state index in [0.29, 0.717) is 0 Å². The van der Waals surface area contributed by atoms with Gasteiger partial charge in [-0.15, -0.1) is 6.42 Å². The van der Waals surface area contributed by atoms with Crippen LogP contribution in [-0.4, -0.2) is 0 Å². The van der Waals surface area contributed by atoms with Crippen LogP contribution in [0.2, 0.25) is 0 Å². The number of hydrogen-bond donors (Lipinski definition) is 0. The predicted octanol–water partition coefficient (Wildman–Crippen LogP) is 5.75. The van der Waals surface area contributed by atoms with E-state index in [2.05, 4.69) is 60.5 Å². The average molecular weight is 274 g/mol. The summed E-state index contributed by atoms with van der Waals surface area (Å²) in [4.78, 5) is 0. The van der Waals surface area contributed by atoms with E-state index in [1.807, 2.05) is 0 Å². The standard InChI is InChI=1S/C22H10/c1-2-12-11-16-8-7-14-4-3-13-5-6-15-9-10-17(12)22-20(15)18(13)19(14)21(16)22/h1,3-11H. The molecule has 0 radical (unpaired) electrons. The number of terminal acetylenes is 1. The molecule has 0 fully saturated rings. The zero-order valence-corrected chi connectivity index (χ0v) is 11.8. The molecule has 0 saturated heterocycles. The normalized spacial score (nSPS) is 12.5. The summed E-state index contributed by atoms with van der Waals surface area (Å²) in [6, 6.07) is 19.9. The van der Waals surface area contributed by atoms with Gasteiger partial charge in [0.25, 0.3) is 0 Å². The third-order valence-electron chi connectivity index (χ3n) is 5.18. The van der Waals surface area contributed by atoms with Gasteiger partial charge in [0.15, 0.2) is 0 Å². The summed E-state index contributed by atoms with van der Waals surface area (Å²) in [5.41, 5.74) is 0.994. The van der Waals surface area contributed by atoms with E-state index in [1.165, 1.54) is 53.9 Å². The van der Waals surface area contributed by atoms with Crippen LogP contribution in [-0.2, 0) is 0 Å². The van der Waals surface area contributed by atoms with Gasteiger partial charge in [0, 0.05) is 5.56 Å². The fourth-order valence-corrected chi connectivity index (χ4v) is 4.29. The Bertz CT molecular complexity index is 1320. The van der Waals surface area contributed by atoms with Crippen molar-refractivity contribution < 1.29 is 0 Å². The highest BCUT2D eigenvalue weighted by Gasteiger charge is 2.20. The molecule has 0 N–H and O–H groups in total. The molecule has 0 amide bonds. The maximum Gasteiger partial charge on any atom is 0.0327 e. The van der Waals surface area contributed by atoms with Gasteiger partial charge in [-0.1, -0.05) is 54.5 Å². The van der Waals surface area contributed by atoms with Crippen molar-refractivity contribution in [1.29, 1.82) is 0 Å². The predicted molar refractivity (Wildman–Crippen MR) is 95.5 cm³/mol. The first kappa shape index (κ1) is 10.7. The number of hydrogen-bond acceptors (Lipinski definition) is 0. The Morgan fingerprint density at radius 2 is 1.00 bits per heavy atom. The zero-order chi connectivity index (χ0) is 14.4. The van der Waals surface area contributed by atoms with E-state index in [0.717, 1.165) is 5.56 Å². The highest BCUT2D eigenvalue weighted by atomic mass is 14.2. The summed E-state index contributed by atoms with van der Waals surface area (Å²) in [5.74, 6) is 2.87. The Morgan fingerprint density at radius 1 is 0.545 bits per heavy atom. The summed E-state index contributed by atoms with van der Waals surface area (Å²) >= 11 is 0. The Hall–Kier alpha value is -3.04. The molecule has 0 bridgehead atoms. The average Bonchev–Trinajstić information content (AvgIpc) is 2.94. The van der Waals surface area contributed by atoms with Gasteiger partial charge in [-0.25, -0.2) is 0 Å². The molecule has 6 aromatic carbocycles. The topological polar surface area (TPSA) is 0 Å². The first-order valence-electron chi connectivity index (χ1n) is 7.51. The van der Waals surface area contributed by atoms with Crippen LogP contribution < -0.4 is 0 Å². The summed E-state index contributed by atoms with van der Waals surface area (Å²) in [6.45, 7) is 0. The largest absolute Gasteiger partial charge is 0.115 e. The molecule has 0 nitrogen and oxygen atoms in total. The first-order chi connectivity index (χ1) is 10.9. The zero-order valence-electron chi connectivity index (χ0n) is 11.8. The van der Waals surface area contributed by atoms with E-state index in [-0.39, 0.29) is 0 Å². The highest BCUT2D eigenvalue weighted by molar-refractivity contribution is 6.44. The van der Waals surface area contributed by atoms with Crippen molar-refractivity contribution in [2.45, 2.75) is 0 Å². The molecular weight excluding hydrogens is 264 g/mol. The Labute approximate surface area is 127 Å². The molecule has 0 heteroatoms. The van der Waals surface area contributed by atoms with Crippen molar-refractivity contribution in [2.24, 2.45) is 0 Å².